The molecule has 0 amide bonds. The smallest absolute Gasteiger partial charge is 0.165 e. The first-order chi connectivity index (χ1) is 10.6. The van der Waals surface area contributed by atoms with Crippen LogP contribution in [0.4, 0.5) is 5.82 Å². The first kappa shape index (κ1) is 14.8. The quantitative estimate of drug-likeness (QED) is 0.786. The summed E-state index contributed by atoms with van der Waals surface area (Å²) in [6.45, 7) is 1.80. The summed E-state index contributed by atoms with van der Waals surface area (Å²) >= 11 is 5.95. The summed E-state index contributed by atoms with van der Waals surface area (Å²) in [5, 5.41) is 8.57. The molecule has 22 heavy (non-hydrogen) atoms. The minimum atomic E-state index is 0.722. The van der Waals surface area contributed by atoms with E-state index in [9.17, 15) is 0 Å². The van der Waals surface area contributed by atoms with Crippen LogP contribution in [0.1, 0.15) is 0 Å². The summed E-state index contributed by atoms with van der Waals surface area (Å²) < 4.78 is 1.83. The number of hydrogen-bond acceptors (Lipinski definition) is 4. The molecule has 0 aliphatic rings. The lowest BCUT2D eigenvalue weighted by atomic mass is 10.1. The monoisotopic (exact) mass is 315 g/mol. The third-order valence-electron chi connectivity index (χ3n) is 3.42. The standard InChI is InChI=1S/C16H18ClN5/c1-21(2)10-9-18-15-7-8-19-16-14(11-20-22(15)16)12-3-5-13(17)6-4-12/h3-8,11,18H,9-10H2,1-2H3. The van der Waals surface area contributed by atoms with Gasteiger partial charge in [-0.3, -0.25) is 0 Å². The van der Waals surface area contributed by atoms with Gasteiger partial charge in [-0.25, -0.2) is 4.98 Å². The molecule has 0 spiro atoms. The molecule has 0 fully saturated rings. The Kier molecular flexibility index (Phi) is 4.27. The molecule has 0 saturated carbocycles. The molecule has 114 valence electrons. The first-order valence-corrected chi connectivity index (χ1v) is 7.50. The number of anilines is 1. The second-order valence-electron chi connectivity index (χ2n) is 5.36. The molecule has 3 rings (SSSR count). The molecule has 5 nitrogen and oxygen atoms in total. The van der Waals surface area contributed by atoms with Gasteiger partial charge in [0.15, 0.2) is 5.65 Å². The zero-order valence-electron chi connectivity index (χ0n) is 12.6. The van der Waals surface area contributed by atoms with Crippen LogP contribution in [0.5, 0.6) is 0 Å². The van der Waals surface area contributed by atoms with E-state index in [-0.39, 0.29) is 0 Å². The van der Waals surface area contributed by atoms with Gasteiger partial charge in [-0.05, 0) is 37.9 Å². The topological polar surface area (TPSA) is 45.5 Å². The van der Waals surface area contributed by atoms with E-state index in [1.54, 1.807) is 6.20 Å². The molecule has 2 heterocycles. The molecular formula is C16H18ClN5. The number of nitrogens with zero attached hydrogens (tertiary/aromatic N) is 4. The largest absolute Gasteiger partial charge is 0.369 e. The second kappa shape index (κ2) is 6.34. The molecule has 0 atom stereocenters. The van der Waals surface area contributed by atoms with Crippen molar-refractivity contribution >= 4 is 23.1 Å². The molecule has 3 aromatic rings. The van der Waals surface area contributed by atoms with Crippen molar-refractivity contribution in [2.24, 2.45) is 0 Å². The maximum absolute atomic E-state index is 5.95. The molecule has 1 N–H and O–H groups in total. The van der Waals surface area contributed by atoms with Crippen molar-refractivity contribution in [1.82, 2.24) is 19.5 Å². The van der Waals surface area contributed by atoms with E-state index in [2.05, 4.69) is 34.4 Å². The SMILES string of the molecule is CN(C)CCNc1ccnc2c(-c3ccc(Cl)cc3)cnn12. The third kappa shape index (κ3) is 3.05. The van der Waals surface area contributed by atoms with Gasteiger partial charge in [-0.15, -0.1) is 0 Å². The van der Waals surface area contributed by atoms with E-state index in [4.69, 9.17) is 11.6 Å². The van der Waals surface area contributed by atoms with Crippen LogP contribution in [0.2, 0.25) is 5.02 Å². The lowest BCUT2D eigenvalue weighted by Crippen LogP contribution is -2.21. The van der Waals surface area contributed by atoms with Crippen LogP contribution in [-0.2, 0) is 0 Å². The van der Waals surface area contributed by atoms with E-state index in [0.717, 1.165) is 40.7 Å². The fourth-order valence-corrected chi connectivity index (χ4v) is 2.39. The minimum Gasteiger partial charge on any atom is -0.369 e. The van der Waals surface area contributed by atoms with E-state index in [1.165, 1.54) is 0 Å². The Morgan fingerprint density at radius 3 is 2.68 bits per heavy atom. The van der Waals surface area contributed by atoms with Crippen molar-refractivity contribution in [3.63, 3.8) is 0 Å². The van der Waals surface area contributed by atoms with Gasteiger partial charge in [0.05, 0.1) is 6.20 Å². The Hall–Kier alpha value is -2.11. The van der Waals surface area contributed by atoms with E-state index in [0.29, 0.717) is 0 Å². The summed E-state index contributed by atoms with van der Waals surface area (Å²) in [6.07, 6.45) is 3.64. The third-order valence-corrected chi connectivity index (χ3v) is 3.67. The number of aromatic nitrogens is 3. The van der Waals surface area contributed by atoms with Crippen molar-refractivity contribution in [2.45, 2.75) is 0 Å². The number of benzene rings is 1. The Balaban J connectivity index is 1.93. The van der Waals surface area contributed by atoms with E-state index >= 15 is 0 Å². The number of hydrogen-bond donors (Lipinski definition) is 1. The summed E-state index contributed by atoms with van der Waals surface area (Å²) in [7, 11) is 4.10. The number of rotatable bonds is 5. The molecule has 0 aliphatic heterocycles. The van der Waals surface area contributed by atoms with Gasteiger partial charge in [0.1, 0.15) is 5.82 Å². The first-order valence-electron chi connectivity index (χ1n) is 7.12. The van der Waals surface area contributed by atoms with Gasteiger partial charge in [0, 0.05) is 29.9 Å². The number of halogens is 1. The number of likely N-dealkylation sites (N-methyl/N-ethyl adjacent to an activating group) is 1. The average molecular weight is 316 g/mol. The van der Waals surface area contributed by atoms with Crippen LogP contribution in [0.25, 0.3) is 16.8 Å². The van der Waals surface area contributed by atoms with Crippen LogP contribution in [0.15, 0.2) is 42.7 Å². The molecule has 2 aromatic heterocycles. The predicted molar refractivity (Wildman–Crippen MR) is 90.5 cm³/mol. The Morgan fingerprint density at radius 2 is 1.95 bits per heavy atom. The lowest BCUT2D eigenvalue weighted by Gasteiger charge is -2.12. The molecule has 0 saturated heterocycles. The van der Waals surface area contributed by atoms with Crippen molar-refractivity contribution in [3.8, 4) is 11.1 Å². The van der Waals surface area contributed by atoms with Gasteiger partial charge < -0.3 is 10.2 Å². The normalized spacial score (nSPS) is 11.3. The minimum absolute atomic E-state index is 0.722. The summed E-state index contributed by atoms with van der Waals surface area (Å²) in [5.74, 6) is 0.937. The second-order valence-corrected chi connectivity index (χ2v) is 5.80. The van der Waals surface area contributed by atoms with Crippen LogP contribution < -0.4 is 5.32 Å². The highest BCUT2D eigenvalue weighted by Gasteiger charge is 2.10. The zero-order valence-corrected chi connectivity index (χ0v) is 13.4. The van der Waals surface area contributed by atoms with E-state index < -0.39 is 0 Å². The lowest BCUT2D eigenvalue weighted by molar-refractivity contribution is 0.425. The number of nitrogens with one attached hydrogen (secondary N) is 1. The molecule has 0 radical (unpaired) electrons. The van der Waals surface area contributed by atoms with Gasteiger partial charge in [-0.1, -0.05) is 23.7 Å². The fourth-order valence-electron chi connectivity index (χ4n) is 2.27. The highest BCUT2D eigenvalue weighted by atomic mass is 35.5. The molecule has 6 heteroatoms. The van der Waals surface area contributed by atoms with Crippen molar-refractivity contribution in [2.75, 3.05) is 32.5 Å². The maximum atomic E-state index is 5.95. The van der Waals surface area contributed by atoms with Gasteiger partial charge in [-0.2, -0.15) is 9.61 Å². The predicted octanol–water partition coefficient (Wildman–Crippen LogP) is 3.02. The summed E-state index contributed by atoms with van der Waals surface area (Å²) in [4.78, 5) is 6.59. The van der Waals surface area contributed by atoms with Crippen molar-refractivity contribution < 1.29 is 0 Å². The molecular weight excluding hydrogens is 298 g/mol. The number of fused-ring (bicyclic) bond motifs is 1. The van der Waals surface area contributed by atoms with Crippen molar-refractivity contribution in [1.29, 1.82) is 0 Å². The van der Waals surface area contributed by atoms with Gasteiger partial charge in [0.25, 0.3) is 0 Å². The van der Waals surface area contributed by atoms with Crippen LogP contribution >= 0.6 is 11.6 Å². The highest BCUT2D eigenvalue weighted by Crippen LogP contribution is 2.26. The summed E-state index contributed by atoms with van der Waals surface area (Å²) in [6, 6.07) is 9.64. The van der Waals surface area contributed by atoms with Crippen LogP contribution in [0, 0.1) is 0 Å². The van der Waals surface area contributed by atoms with Gasteiger partial charge in [0.2, 0.25) is 0 Å². The average Bonchev–Trinajstić information content (AvgIpc) is 2.92. The Labute approximate surface area is 134 Å². The summed E-state index contributed by atoms with van der Waals surface area (Å²) in [5.41, 5.74) is 2.88. The molecule has 0 bridgehead atoms. The Bertz CT molecular complexity index is 764. The van der Waals surface area contributed by atoms with Crippen LogP contribution in [0.3, 0.4) is 0 Å². The van der Waals surface area contributed by atoms with E-state index in [1.807, 2.05) is 41.0 Å². The fraction of sp³-hybridized carbons (Fsp3) is 0.250. The molecule has 1 aromatic carbocycles. The zero-order chi connectivity index (χ0) is 15.5. The Morgan fingerprint density at radius 1 is 1.18 bits per heavy atom. The van der Waals surface area contributed by atoms with Crippen molar-refractivity contribution in [3.05, 3.63) is 47.7 Å². The molecule has 0 aliphatic carbocycles. The highest BCUT2D eigenvalue weighted by molar-refractivity contribution is 6.30. The maximum Gasteiger partial charge on any atom is 0.165 e. The molecule has 0 unspecified atom stereocenters. The van der Waals surface area contributed by atoms with Gasteiger partial charge >= 0.3 is 0 Å². The van der Waals surface area contributed by atoms with Crippen LogP contribution in [-0.4, -0.2) is 46.7 Å².